The van der Waals surface area contributed by atoms with Crippen LogP contribution in [0.1, 0.15) is 63.1 Å². The zero-order chi connectivity index (χ0) is 29.8. The predicted molar refractivity (Wildman–Crippen MR) is 163 cm³/mol. The van der Waals surface area contributed by atoms with Crippen molar-refractivity contribution < 1.29 is 22.7 Å². The number of hydrogen-bond donors (Lipinski definition) is 0. The fraction of sp³-hybridized carbons (Fsp3) is 0.562. The lowest BCUT2D eigenvalue weighted by molar-refractivity contribution is -0.140. The van der Waals surface area contributed by atoms with Gasteiger partial charge in [-0.3, -0.25) is 9.59 Å². The lowest BCUT2D eigenvalue weighted by Gasteiger charge is -2.39. The number of amides is 2. The second kappa shape index (κ2) is 16.0. The van der Waals surface area contributed by atoms with Gasteiger partial charge in [0.15, 0.2) is 0 Å². The van der Waals surface area contributed by atoms with Gasteiger partial charge in [-0.25, -0.2) is 8.42 Å². The molecule has 1 aliphatic heterocycles. The predicted octanol–water partition coefficient (Wildman–Crippen LogP) is 4.62. The van der Waals surface area contributed by atoms with Crippen molar-refractivity contribution in [1.29, 1.82) is 0 Å². The molecular formula is C32H47N3O5S. The van der Waals surface area contributed by atoms with Gasteiger partial charge >= 0.3 is 0 Å². The fourth-order valence-electron chi connectivity index (χ4n) is 5.09. The first-order chi connectivity index (χ1) is 19.6. The summed E-state index contributed by atoms with van der Waals surface area (Å²) >= 11 is 0. The monoisotopic (exact) mass is 585 g/mol. The molecule has 1 aliphatic rings. The summed E-state index contributed by atoms with van der Waals surface area (Å²) in [6.07, 6.45) is 2.47. The average Bonchev–Trinajstić information content (AvgIpc) is 2.95. The maximum Gasteiger partial charge on any atom is 0.248 e. The number of rotatable bonds is 15. The second-order valence-corrected chi connectivity index (χ2v) is 13.5. The smallest absolute Gasteiger partial charge is 0.248 e. The van der Waals surface area contributed by atoms with Crippen molar-refractivity contribution in [2.24, 2.45) is 5.92 Å². The third kappa shape index (κ3) is 10.2. The van der Waals surface area contributed by atoms with E-state index in [9.17, 15) is 18.0 Å². The summed E-state index contributed by atoms with van der Waals surface area (Å²) in [4.78, 5) is 30.4. The van der Waals surface area contributed by atoms with Gasteiger partial charge in [0, 0.05) is 32.2 Å². The van der Waals surface area contributed by atoms with Crippen molar-refractivity contribution in [3.63, 3.8) is 0 Å². The van der Waals surface area contributed by atoms with Crippen molar-refractivity contribution in [3.05, 3.63) is 71.3 Å². The van der Waals surface area contributed by atoms with Crippen molar-refractivity contribution in [2.45, 2.75) is 72.6 Å². The van der Waals surface area contributed by atoms with E-state index in [2.05, 4.69) is 13.8 Å². The van der Waals surface area contributed by atoms with E-state index in [1.807, 2.05) is 73.3 Å². The number of piperidine rings is 1. The number of ether oxygens (including phenoxy) is 1. The second-order valence-electron chi connectivity index (χ2n) is 11.4. The number of nitrogens with zero attached hydrogens (tertiary/aromatic N) is 3. The third-order valence-corrected chi connectivity index (χ3v) is 9.66. The average molecular weight is 586 g/mol. The number of sulfonamides is 1. The highest BCUT2D eigenvalue weighted by Gasteiger charge is 2.33. The van der Waals surface area contributed by atoms with E-state index in [1.165, 1.54) is 4.31 Å². The van der Waals surface area contributed by atoms with E-state index in [-0.39, 0.29) is 36.8 Å². The quantitative estimate of drug-likeness (QED) is 0.305. The summed E-state index contributed by atoms with van der Waals surface area (Å²) in [5, 5.41) is 0. The lowest BCUT2D eigenvalue weighted by Crippen LogP contribution is -2.52. The van der Waals surface area contributed by atoms with Crippen LogP contribution in [-0.2, 0) is 37.5 Å². The maximum absolute atomic E-state index is 13.9. The summed E-state index contributed by atoms with van der Waals surface area (Å²) in [5.74, 6) is 0.114. The van der Waals surface area contributed by atoms with Crippen LogP contribution in [0.25, 0.3) is 0 Å². The van der Waals surface area contributed by atoms with Gasteiger partial charge in [0.25, 0.3) is 0 Å². The van der Waals surface area contributed by atoms with Crippen LogP contribution in [0.2, 0.25) is 0 Å². The summed E-state index contributed by atoms with van der Waals surface area (Å²) < 4.78 is 33.2. The van der Waals surface area contributed by atoms with Gasteiger partial charge in [-0.2, -0.15) is 4.31 Å². The Morgan fingerprint density at radius 1 is 1.02 bits per heavy atom. The summed E-state index contributed by atoms with van der Waals surface area (Å²) in [6, 6.07) is 17.6. The van der Waals surface area contributed by atoms with E-state index in [4.69, 9.17) is 4.74 Å². The Kier molecular flexibility index (Phi) is 12.8. The molecule has 1 saturated heterocycles. The van der Waals surface area contributed by atoms with Crippen LogP contribution in [0, 0.1) is 12.8 Å². The van der Waals surface area contributed by atoms with E-state index in [0.29, 0.717) is 64.4 Å². The fourth-order valence-corrected chi connectivity index (χ4v) is 6.55. The van der Waals surface area contributed by atoms with E-state index >= 15 is 0 Å². The van der Waals surface area contributed by atoms with Gasteiger partial charge in [0.2, 0.25) is 21.8 Å². The van der Waals surface area contributed by atoms with Crippen molar-refractivity contribution in [1.82, 2.24) is 14.1 Å². The Hall–Kier alpha value is -2.75. The Morgan fingerprint density at radius 2 is 1.68 bits per heavy atom. The Morgan fingerprint density at radius 3 is 2.32 bits per heavy atom. The van der Waals surface area contributed by atoms with Gasteiger partial charge in [-0.15, -0.1) is 0 Å². The first kappa shape index (κ1) is 32.8. The van der Waals surface area contributed by atoms with E-state index in [1.54, 1.807) is 4.90 Å². The number of carbonyl (C=O) groups excluding carboxylic acids is 2. The number of likely N-dealkylation sites (tertiary alicyclic amines) is 1. The van der Waals surface area contributed by atoms with Crippen LogP contribution >= 0.6 is 0 Å². The standard InChI is InChI=1S/C32H47N3O5S/c1-5-21-41(38,39)34(20-15-26(2)3)23-31(36)35(22-29-14-10-9-11-27(29)4)30-16-18-33(19-17-30)32(37)25-40-24-28-12-7-6-8-13-28/h6-14,26,30H,5,15-25H2,1-4H3. The molecule has 2 aromatic rings. The number of carbonyl (C=O) groups is 2. The molecule has 1 fully saturated rings. The zero-order valence-electron chi connectivity index (χ0n) is 25.1. The van der Waals surface area contributed by atoms with Gasteiger partial charge in [-0.05, 0) is 55.2 Å². The third-order valence-electron chi connectivity index (χ3n) is 7.64. The van der Waals surface area contributed by atoms with Gasteiger partial charge in [0.1, 0.15) is 6.61 Å². The molecule has 0 radical (unpaired) electrons. The molecule has 2 aromatic carbocycles. The summed E-state index contributed by atoms with van der Waals surface area (Å²) in [5.41, 5.74) is 3.15. The molecule has 0 spiro atoms. The topological polar surface area (TPSA) is 87.2 Å². The lowest BCUT2D eigenvalue weighted by atomic mass is 10.0. The van der Waals surface area contributed by atoms with Gasteiger partial charge in [-0.1, -0.05) is 75.4 Å². The normalized spacial score (nSPS) is 14.5. The van der Waals surface area contributed by atoms with Gasteiger partial charge < -0.3 is 14.5 Å². The molecule has 0 unspecified atom stereocenters. The van der Waals surface area contributed by atoms with Crippen LogP contribution in [0.15, 0.2) is 54.6 Å². The van der Waals surface area contributed by atoms with Crippen molar-refractivity contribution in [3.8, 4) is 0 Å². The maximum atomic E-state index is 13.9. The van der Waals surface area contributed by atoms with Crippen LogP contribution in [-0.4, -0.2) is 78.9 Å². The highest BCUT2D eigenvalue weighted by Crippen LogP contribution is 2.22. The number of aryl methyl sites for hydroxylation is 1. The molecule has 0 aromatic heterocycles. The SMILES string of the molecule is CCCS(=O)(=O)N(CCC(C)C)CC(=O)N(Cc1ccccc1C)C1CCN(C(=O)COCc2ccccc2)CC1. The Balaban J connectivity index is 1.68. The van der Waals surface area contributed by atoms with E-state index < -0.39 is 10.0 Å². The van der Waals surface area contributed by atoms with Crippen LogP contribution in [0.4, 0.5) is 0 Å². The van der Waals surface area contributed by atoms with E-state index in [0.717, 1.165) is 16.7 Å². The van der Waals surface area contributed by atoms with Crippen LogP contribution < -0.4 is 0 Å². The van der Waals surface area contributed by atoms with Crippen LogP contribution in [0.3, 0.4) is 0 Å². The molecule has 0 saturated carbocycles. The zero-order valence-corrected chi connectivity index (χ0v) is 25.9. The molecule has 0 aliphatic carbocycles. The summed E-state index contributed by atoms with van der Waals surface area (Å²) in [7, 11) is -3.54. The first-order valence-electron chi connectivity index (χ1n) is 14.8. The molecule has 41 heavy (non-hydrogen) atoms. The molecule has 0 bridgehead atoms. The summed E-state index contributed by atoms with van der Waals surface area (Å²) in [6.45, 7) is 10.0. The Bertz CT molecular complexity index is 1210. The molecule has 2 amide bonds. The molecule has 0 N–H and O–H groups in total. The molecule has 8 nitrogen and oxygen atoms in total. The Labute approximate surface area is 246 Å². The minimum Gasteiger partial charge on any atom is -0.367 e. The van der Waals surface area contributed by atoms with Gasteiger partial charge in [0.05, 0.1) is 18.9 Å². The minimum absolute atomic E-state index is 0.0194. The largest absolute Gasteiger partial charge is 0.367 e. The molecule has 3 rings (SSSR count). The highest BCUT2D eigenvalue weighted by atomic mass is 32.2. The number of benzene rings is 2. The van der Waals surface area contributed by atoms with Crippen LogP contribution in [0.5, 0.6) is 0 Å². The molecule has 1 heterocycles. The molecule has 9 heteroatoms. The molecule has 0 atom stereocenters. The minimum atomic E-state index is -3.54. The molecule has 226 valence electrons. The number of hydrogen-bond acceptors (Lipinski definition) is 5. The first-order valence-corrected chi connectivity index (χ1v) is 16.4. The van der Waals surface area contributed by atoms with Crippen molar-refractivity contribution in [2.75, 3.05) is 38.5 Å². The highest BCUT2D eigenvalue weighted by molar-refractivity contribution is 7.89. The molecular weight excluding hydrogens is 538 g/mol. The van der Waals surface area contributed by atoms with Crippen molar-refractivity contribution >= 4 is 21.8 Å².